The molecule has 0 aliphatic carbocycles. The van der Waals surface area contributed by atoms with Crippen molar-refractivity contribution in [3.05, 3.63) is 42.9 Å². The Labute approximate surface area is 116 Å². The first-order valence-electron chi connectivity index (χ1n) is 6.11. The largest absolute Gasteiger partial charge is 0.493 e. The fraction of sp³-hybridized carbons (Fsp3) is 0.133. The van der Waals surface area contributed by atoms with Gasteiger partial charge < -0.3 is 9.47 Å². The number of rotatable bonds is 3. The van der Waals surface area contributed by atoms with Gasteiger partial charge in [0.1, 0.15) is 11.8 Å². The standard InChI is InChI=1S/C15H13N3O2/c1-19-14-6-3-10(7-15(14)20-2)11-4-5-12-13(18-11)8-16-9-17-12/h3-9H,1-2H3. The molecule has 5 heteroatoms. The van der Waals surface area contributed by atoms with E-state index in [0.717, 1.165) is 22.3 Å². The zero-order valence-corrected chi connectivity index (χ0v) is 11.2. The quantitative estimate of drug-likeness (QED) is 0.730. The van der Waals surface area contributed by atoms with E-state index in [1.165, 1.54) is 6.33 Å². The van der Waals surface area contributed by atoms with Gasteiger partial charge in [0.25, 0.3) is 0 Å². The zero-order chi connectivity index (χ0) is 13.9. The molecule has 1 aromatic carbocycles. The monoisotopic (exact) mass is 267 g/mol. The van der Waals surface area contributed by atoms with Gasteiger partial charge in [0.15, 0.2) is 11.5 Å². The molecule has 0 amide bonds. The van der Waals surface area contributed by atoms with Crippen molar-refractivity contribution in [2.45, 2.75) is 0 Å². The summed E-state index contributed by atoms with van der Waals surface area (Å²) in [5, 5.41) is 0. The van der Waals surface area contributed by atoms with Crippen LogP contribution in [-0.4, -0.2) is 29.2 Å². The number of hydrogen-bond acceptors (Lipinski definition) is 5. The maximum Gasteiger partial charge on any atom is 0.161 e. The first kappa shape index (κ1) is 12.3. The van der Waals surface area contributed by atoms with Crippen LogP contribution in [0.1, 0.15) is 0 Å². The van der Waals surface area contributed by atoms with Crippen LogP contribution < -0.4 is 9.47 Å². The van der Waals surface area contributed by atoms with Crippen molar-refractivity contribution in [2.75, 3.05) is 14.2 Å². The molecule has 0 saturated heterocycles. The molecule has 2 aromatic heterocycles. The summed E-state index contributed by atoms with van der Waals surface area (Å²) in [5.74, 6) is 1.37. The molecule has 0 unspecified atom stereocenters. The van der Waals surface area contributed by atoms with Gasteiger partial charge in [-0.1, -0.05) is 0 Å². The van der Waals surface area contributed by atoms with Crippen molar-refractivity contribution in [1.29, 1.82) is 0 Å². The Kier molecular flexibility index (Phi) is 3.16. The van der Waals surface area contributed by atoms with Gasteiger partial charge in [-0.15, -0.1) is 0 Å². The lowest BCUT2D eigenvalue weighted by atomic mass is 10.1. The number of pyridine rings is 1. The molecule has 100 valence electrons. The highest BCUT2D eigenvalue weighted by atomic mass is 16.5. The molecule has 0 bridgehead atoms. The number of benzene rings is 1. The molecule has 0 fully saturated rings. The molecule has 0 aliphatic rings. The summed E-state index contributed by atoms with van der Waals surface area (Å²) < 4.78 is 10.5. The van der Waals surface area contributed by atoms with Crippen LogP contribution in [0.4, 0.5) is 0 Å². The van der Waals surface area contributed by atoms with E-state index < -0.39 is 0 Å². The molecule has 5 nitrogen and oxygen atoms in total. The number of methoxy groups -OCH3 is 2. The third-order valence-electron chi connectivity index (χ3n) is 3.04. The van der Waals surface area contributed by atoms with Crippen molar-refractivity contribution in [3.63, 3.8) is 0 Å². The number of aromatic nitrogens is 3. The second-order valence-electron chi connectivity index (χ2n) is 4.19. The minimum absolute atomic E-state index is 0.677. The molecule has 0 aliphatic heterocycles. The van der Waals surface area contributed by atoms with Gasteiger partial charge in [-0.2, -0.15) is 0 Å². The Morgan fingerprint density at radius 2 is 1.75 bits per heavy atom. The molecule has 2 heterocycles. The highest BCUT2D eigenvalue weighted by molar-refractivity contribution is 5.77. The maximum absolute atomic E-state index is 5.31. The predicted octanol–water partition coefficient (Wildman–Crippen LogP) is 2.71. The Morgan fingerprint density at radius 3 is 2.55 bits per heavy atom. The Balaban J connectivity index is 2.10. The van der Waals surface area contributed by atoms with Gasteiger partial charge in [-0.25, -0.2) is 15.0 Å². The van der Waals surface area contributed by atoms with Crippen LogP contribution in [0.3, 0.4) is 0 Å². The van der Waals surface area contributed by atoms with E-state index in [-0.39, 0.29) is 0 Å². The fourth-order valence-corrected chi connectivity index (χ4v) is 2.03. The third kappa shape index (κ3) is 2.14. The normalized spacial score (nSPS) is 10.5. The summed E-state index contributed by atoms with van der Waals surface area (Å²) in [7, 11) is 3.23. The lowest BCUT2D eigenvalue weighted by Gasteiger charge is -2.09. The predicted molar refractivity (Wildman–Crippen MR) is 75.9 cm³/mol. The Morgan fingerprint density at radius 1 is 0.900 bits per heavy atom. The van der Waals surface area contributed by atoms with Crippen LogP contribution in [0.5, 0.6) is 11.5 Å². The molecule has 0 spiro atoms. The summed E-state index contributed by atoms with van der Waals surface area (Å²) in [4.78, 5) is 12.7. The summed E-state index contributed by atoms with van der Waals surface area (Å²) in [6.45, 7) is 0. The lowest BCUT2D eigenvalue weighted by molar-refractivity contribution is 0.355. The van der Waals surface area contributed by atoms with Crippen LogP contribution in [0.25, 0.3) is 22.3 Å². The molecule has 20 heavy (non-hydrogen) atoms. The van der Waals surface area contributed by atoms with E-state index >= 15 is 0 Å². The van der Waals surface area contributed by atoms with Gasteiger partial charge in [-0.05, 0) is 30.3 Å². The Hall–Kier alpha value is -2.69. The molecule has 3 aromatic rings. The van der Waals surface area contributed by atoms with Crippen molar-refractivity contribution in [2.24, 2.45) is 0 Å². The summed E-state index contributed by atoms with van der Waals surface area (Å²) in [6, 6.07) is 9.56. The highest BCUT2D eigenvalue weighted by Crippen LogP contribution is 2.31. The summed E-state index contributed by atoms with van der Waals surface area (Å²) in [6.07, 6.45) is 3.21. The van der Waals surface area contributed by atoms with Crippen LogP contribution in [0.2, 0.25) is 0 Å². The first-order valence-corrected chi connectivity index (χ1v) is 6.11. The van der Waals surface area contributed by atoms with E-state index in [1.807, 2.05) is 30.3 Å². The number of hydrogen-bond donors (Lipinski definition) is 0. The number of ether oxygens (including phenoxy) is 2. The van der Waals surface area contributed by atoms with E-state index in [0.29, 0.717) is 11.5 Å². The fourth-order valence-electron chi connectivity index (χ4n) is 2.03. The van der Waals surface area contributed by atoms with E-state index in [9.17, 15) is 0 Å². The van der Waals surface area contributed by atoms with Crippen LogP contribution in [0.15, 0.2) is 42.9 Å². The van der Waals surface area contributed by atoms with Gasteiger partial charge in [0.05, 0.1) is 31.6 Å². The molecular weight excluding hydrogens is 254 g/mol. The molecule has 0 N–H and O–H groups in total. The van der Waals surface area contributed by atoms with Crippen molar-refractivity contribution < 1.29 is 9.47 Å². The maximum atomic E-state index is 5.31. The summed E-state index contributed by atoms with van der Waals surface area (Å²) in [5.41, 5.74) is 3.38. The molecule has 3 rings (SSSR count). The first-order chi connectivity index (χ1) is 9.81. The number of nitrogens with zero attached hydrogens (tertiary/aromatic N) is 3. The molecule has 0 radical (unpaired) electrons. The second-order valence-corrected chi connectivity index (χ2v) is 4.19. The van der Waals surface area contributed by atoms with Crippen LogP contribution in [0, 0.1) is 0 Å². The van der Waals surface area contributed by atoms with Crippen molar-refractivity contribution in [1.82, 2.24) is 15.0 Å². The highest BCUT2D eigenvalue weighted by Gasteiger charge is 2.08. The van der Waals surface area contributed by atoms with Gasteiger partial charge in [0, 0.05) is 5.56 Å². The average Bonchev–Trinajstić information content (AvgIpc) is 2.53. The molecule has 0 atom stereocenters. The van der Waals surface area contributed by atoms with E-state index in [1.54, 1.807) is 20.4 Å². The van der Waals surface area contributed by atoms with E-state index in [2.05, 4.69) is 15.0 Å². The van der Waals surface area contributed by atoms with Crippen LogP contribution in [-0.2, 0) is 0 Å². The topological polar surface area (TPSA) is 57.1 Å². The Bertz CT molecular complexity index is 759. The van der Waals surface area contributed by atoms with Crippen molar-refractivity contribution in [3.8, 4) is 22.8 Å². The number of fused-ring (bicyclic) bond motifs is 1. The van der Waals surface area contributed by atoms with Crippen molar-refractivity contribution >= 4 is 11.0 Å². The average molecular weight is 267 g/mol. The molecule has 0 saturated carbocycles. The van der Waals surface area contributed by atoms with Crippen LogP contribution >= 0.6 is 0 Å². The molecular formula is C15H13N3O2. The van der Waals surface area contributed by atoms with E-state index in [4.69, 9.17) is 9.47 Å². The van der Waals surface area contributed by atoms with Gasteiger partial charge >= 0.3 is 0 Å². The summed E-state index contributed by atoms with van der Waals surface area (Å²) >= 11 is 0. The van der Waals surface area contributed by atoms with Gasteiger partial charge in [0.2, 0.25) is 0 Å². The smallest absolute Gasteiger partial charge is 0.161 e. The minimum Gasteiger partial charge on any atom is -0.493 e. The minimum atomic E-state index is 0.677. The van der Waals surface area contributed by atoms with Gasteiger partial charge in [-0.3, -0.25) is 0 Å². The SMILES string of the molecule is COc1ccc(-c2ccc3ncncc3n2)cc1OC. The third-order valence-corrected chi connectivity index (χ3v) is 3.04. The second kappa shape index (κ2) is 5.13. The lowest BCUT2D eigenvalue weighted by Crippen LogP contribution is -1.92. The zero-order valence-electron chi connectivity index (χ0n) is 11.2.